The molecule has 0 aromatic heterocycles. The van der Waals surface area contributed by atoms with Crippen molar-refractivity contribution >= 4 is 26.7 Å². The molecule has 0 N–H and O–H groups in total. The number of benzene rings is 1. The molecule has 0 heterocycles. The molecule has 0 saturated heterocycles. The Hall–Kier alpha value is 0.573. The molecule has 0 unspecified atom stereocenters. The number of rotatable bonds is 0. The van der Waals surface area contributed by atoms with Crippen molar-refractivity contribution in [3.05, 3.63) is 27.8 Å². The third kappa shape index (κ3) is 1.83. The normalized spacial score (nSPS) is 9.38. The van der Waals surface area contributed by atoms with Crippen molar-refractivity contribution in [1.82, 2.24) is 0 Å². The SMILES string of the molecule is [Zn][c]1ccc(I)cc1. The standard InChI is InChI=1S/C6H4I.Zn/c7-6-4-2-1-3-5-6;/h2-5H;. The molecule has 0 atom stereocenters. The van der Waals surface area contributed by atoms with Gasteiger partial charge in [-0.3, -0.25) is 0 Å². The van der Waals surface area contributed by atoms with Gasteiger partial charge in [0.1, 0.15) is 0 Å². The van der Waals surface area contributed by atoms with E-state index in [0.717, 1.165) is 0 Å². The predicted octanol–water partition coefficient (Wildman–Crippen LogP) is 1.46. The molecule has 0 saturated carbocycles. The zero-order valence-corrected chi connectivity index (χ0v) is 9.52. The van der Waals surface area contributed by atoms with E-state index in [1.807, 2.05) is 0 Å². The van der Waals surface area contributed by atoms with Crippen LogP contribution in [0, 0.1) is 3.57 Å². The van der Waals surface area contributed by atoms with Gasteiger partial charge in [0, 0.05) is 0 Å². The third-order valence-electron chi connectivity index (χ3n) is 0.913. The van der Waals surface area contributed by atoms with Crippen molar-refractivity contribution in [2.45, 2.75) is 0 Å². The van der Waals surface area contributed by atoms with Crippen molar-refractivity contribution < 1.29 is 18.3 Å². The Morgan fingerprint density at radius 3 is 2.00 bits per heavy atom. The maximum atomic E-state index is 2.31. The maximum absolute atomic E-state index is 2.31. The molecule has 0 nitrogen and oxygen atoms in total. The van der Waals surface area contributed by atoms with Crippen LogP contribution < -0.4 is 4.16 Å². The van der Waals surface area contributed by atoms with Crippen molar-refractivity contribution in [1.29, 1.82) is 0 Å². The molecule has 37 valence electrons. The van der Waals surface area contributed by atoms with Crippen LogP contribution in [-0.2, 0) is 18.3 Å². The van der Waals surface area contributed by atoms with Crippen LogP contribution in [-0.4, -0.2) is 0 Å². The fourth-order valence-corrected chi connectivity index (χ4v) is 1.34. The van der Waals surface area contributed by atoms with E-state index in [-0.39, 0.29) is 0 Å². The number of halogens is 1. The third-order valence-corrected chi connectivity index (χ3v) is 2.62. The van der Waals surface area contributed by atoms with Crippen molar-refractivity contribution in [2.75, 3.05) is 0 Å². The van der Waals surface area contributed by atoms with Crippen LogP contribution in [0.4, 0.5) is 0 Å². The first kappa shape index (κ1) is 6.69. The van der Waals surface area contributed by atoms with Crippen LogP contribution in [0.25, 0.3) is 0 Å². The summed E-state index contributed by atoms with van der Waals surface area (Å²) in [5, 5.41) is 0. The minimum atomic E-state index is 1.26. The molecule has 0 aliphatic carbocycles. The minimum absolute atomic E-state index is 1.26. The average Bonchev–Trinajstić information content (AvgIpc) is 1.77. The zero-order valence-electron chi connectivity index (χ0n) is 4.39. The summed E-state index contributed by atoms with van der Waals surface area (Å²) >= 11 is 3.57. The zero-order chi connectivity index (χ0) is 5.98. The second-order valence-electron chi connectivity index (χ2n) is 1.63. The Morgan fingerprint density at radius 1 is 1.12 bits per heavy atom. The van der Waals surface area contributed by atoms with Crippen LogP contribution in [0.5, 0.6) is 0 Å². The molecular formula is C6H4IZn. The summed E-state index contributed by atoms with van der Waals surface area (Å²) in [4.78, 5) is 0. The van der Waals surface area contributed by atoms with Gasteiger partial charge in [-0.25, -0.2) is 0 Å². The van der Waals surface area contributed by atoms with E-state index in [9.17, 15) is 0 Å². The summed E-state index contributed by atoms with van der Waals surface area (Å²) in [5.41, 5.74) is 0. The molecule has 0 aliphatic heterocycles. The first-order valence-electron chi connectivity index (χ1n) is 2.36. The summed E-state index contributed by atoms with van der Waals surface area (Å²) in [6.07, 6.45) is 0. The van der Waals surface area contributed by atoms with E-state index >= 15 is 0 Å². The Balaban J connectivity index is 3.03. The molecule has 0 spiro atoms. The second-order valence-corrected chi connectivity index (χ2v) is 4.59. The van der Waals surface area contributed by atoms with Crippen LogP contribution in [0.1, 0.15) is 0 Å². The van der Waals surface area contributed by atoms with Gasteiger partial charge in [0.05, 0.1) is 0 Å². The van der Waals surface area contributed by atoms with E-state index in [1.165, 1.54) is 26.0 Å². The van der Waals surface area contributed by atoms with Gasteiger partial charge in [-0.05, 0) is 0 Å². The first-order valence-corrected chi connectivity index (χ1v) is 4.93. The summed E-state index contributed by atoms with van der Waals surface area (Å²) in [5.74, 6) is 0. The molecule has 1 aromatic carbocycles. The average molecular weight is 268 g/mol. The monoisotopic (exact) mass is 267 g/mol. The van der Waals surface area contributed by atoms with Crippen LogP contribution >= 0.6 is 22.6 Å². The van der Waals surface area contributed by atoms with Crippen molar-refractivity contribution in [3.8, 4) is 0 Å². The summed E-state index contributed by atoms with van der Waals surface area (Å²) in [7, 11) is 0. The van der Waals surface area contributed by atoms with Gasteiger partial charge in [-0.1, -0.05) is 0 Å². The van der Waals surface area contributed by atoms with Crippen LogP contribution in [0.3, 0.4) is 0 Å². The Bertz CT molecular complexity index is 147. The Kier molecular flexibility index (Phi) is 2.45. The van der Waals surface area contributed by atoms with Gasteiger partial charge >= 0.3 is 72.9 Å². The van der Waals surface area contributed by atoms with Gasteiger partial charge in [-0.15, -0.1) is 0 Å². The number of hydrogen-bond acceptors (Lipinski definition) is 0. The molecule has 0 amide bonds. The Labute approximate surface area is 72.5 Å². The van der Waals surface area contributed by atoms with E-state index in [0.29, 0.717) is 0 Å². The van der Waals surface area contributed by atoms with Crippen molar-refractivity contribution in [2.24, 2.45) is 0 Å². The van der Waals surface area contributed by atoms with Crippen LogP contribution in [0.15, 0.2) is 24.3 Å². The van der Waals surface area contributed by atoms with E-state index < -0.39 is 0 Å². The van der Waals surface area contributed by atoms with Gasteiger partial charge < -0.3 is 0 Å². The number of hydrogen-bond donors (Lipinski definition) is 0. The van der Waals surface area contributed by atoms with Crippen molar-refractivity contribution in [3.63, 3.8) is 0 Å². The van der Waals surface area contributed by atoms with E-state index in [1.54, 1.807) is 0 Å². The molecule has 2 heteroatoms. The summed E-state index contributed by atoms with van der Waals surface area (Å²) in [6.45, 7) is 0. The summed E-state index contributed by atoms with van der Waals surface area (Å²) in [6, 6.07) is 8.61. The molecule has 0 bridgehead atoms. The van der Waals surface area contributed by atoms with Crippen LogP contribution in [0.2, 0.25) is 0 Å². The Morgan fingerprint density at radius 2 is 1.62 bits per heavy atom. The fraction of sp³-hybridized carbons (Fsp3) is 0. The topological polar surface area (TPSA) is 0 Å². The van der Waals surface area contributed by atoms with E-state index in [2.05, 4.69) is 46.9 Å². The van der Waals surface area contributed by atoms with Gasteiger partial charge in [0.25, 0.3) is 0 Å². The first-order chi connectivity index (χ1) is 3.79. The quantitative estimate of drug-likeness (QED) is 0.494. The molecule has 8 heavy (non-hydrogen) atoms. The van der Waals surface area contributed by atoms with Gasteiger partial charge in [-0.2, -0.15) is 0 Å². The van der Waals surface area contributed by atoms with Gasteiger partial charge in [0.2, 0.25) is 0 Å². The predicted molar refractivity (Wildman–Crippen MR) is 38.8 cm³/mol. The molecule has 0 fully saturated rings. The summed E-state index contributed by atoms with van der Waals surface area (Å²) < 4.78 is 2.77. The molecule has 1 aromatic rings. The molecule has 0 radical (unpaired) electrons. The fourth-order valence-electron chi connectivity index (χ4n) is 0.484. The van der Waals surface area contributed by atoms with Gasteiger partial charge in [0.15, 0.2) is 0 Å². The van der Waals surface area contributed by atoms with E-state index in [4.69, 9.17) is 0 Å². The second kappa shape index (κ2) is 2.93. The molecule has 0 aliphatic rings. The molecule has 1 rings (SSSR count). The molecular weight excluding hydrogens is 264 g/mol.